The van der Waals surface area contributed by atoms with Crippen LogP contribution in [-0.4, -0.2) is 23.1 Å². The highest BCUT2D eigenvalue weighted by molar-refractivity contribution is 5.79. The van der Waals surface area contributed by atoms with Gasteiger partial charge in [0, 0.05) is 24.2 Å². The number of nitrogens with one attached hydrogen (secondary N) is 2. The van der Waals surface area contributed by atoms with Gasteiger partial charge in [0.1, 0.15) is 5.82 Å². The standard InChI is InChI=1S/C19H21N4/c1-15-6-4-8-17(22-15)14-20-12-5-13-21-19-11-10-16-7-2-3-9-18(16)23-19/h2-4,6,8-11,20H,5,12-14H2,1H3,(H,21,23). The van der Waals surface area contributed by atoms with Crippen LogP contribution < -0.4 is 10.6 Å². The van der Waals surface area contributed by atoms with Gasteiger partial charge in [-0.3, -0.25) is 4.98 Å². The number of aryl methyl sites for hydroxylation is 1. The van der Waals surface area contributed by atoms with Gasteiger partial charge in [0.2, 0.25) is 0 Å². The summed E-state index contributed by atoms with van der Waals surface area (Å²) >= 11 is 0. The number of pyridine rings is 2. The molecular weight excluding hydrogens is 284 g/mol. The Balaban J connectivity index is 1.39. The molecule has 3 aromatic rings. The summed E-state index contributed by atoms with van der Waals surface area (Å²) in [5, 5.41) is 7.83. The second kappa shape index (κ2) is 7.70. The van der Waals surface area contributed by atoms with Crippen molar-refractivity contribution in [2.45, 2.75) is 19.9 Å². The van der Waals surface area contributed by atoms with E-state index in [2.05, 4.69) is 26.7 Å². The molecule has 0 aliphatic heterocycles. The average Bonchev–Trinajstić information content (AvgIpc) is 2.58. The molecule has 0 spiro atoms. The second-order valence-electron chi connectivity index (χ2n) is 5.53. The van der Waals surface area contributed by atoms with Crippen molar-refractivity contribution in [3.8, 4) is 0 Å². The topological polar surface area (TPSA) is 49.8 Å². The van der Waals surface area contributed by atoms with E-state index < -0.39 is 0 Å². The van der Waals surface area contributed by atoms with E-state index in [1.165, 1.54) is 0 Å². The number of fused-ring (bicyclic) bond motifs is 1. The highest BCUT2D eigenvalue weighted by atomic mass is 15.0. The summed E-state index contributed by atoms with van der Waals surface area (Å²) < 4.78 is 0. The third-order valence-corrected chi connectivity index (χ3v) is 3.60. The lowest BCUT2D eigenvalue weighted by Crippen LogP contribution is -2.18. The molecule has 0 bridgehead atoms. The molecule has 0 unspecified atom stereocenters. The number of aromatic nitrogens is 2. The molecule has 0 saturated heterocycles. The van der Waals surface area contributed by atoms with Crippen LogP contribution in [0.5, 0.6) is 0 Å². The minimum absolute atomic E-state index is 0.811. The van der Waals surface area contributed by atoms with Gasteiger partial charge in [-0.15, -0.1) is 0 Å². The van der Waals surface area contributed by atoms with Crippen molar-refractivity contribution >= 4 is 16.7 Å². The third-order valence-electron chi connectivity index (χ3n) is 3.60. The zero-order valence-electron chi connectivity index (χ0n) is 13.3. The van der Waals surface area contributed by atoms with Gasteiger partial charge >= 0.3 is 0 Å². The first-order chi connectivity index (χ1) is 11.3. The van der Waals surface area contributed by atoms with Gasteiger partial charge < -0.3 is 10.6 Å². The zero-order valence-corrected chi connectivity index (χ0v) is 13.3. The normalized spacial score (nSPS) is 10.8. The fourth-order valence-electron chi connectivity index (χ4n) is 2.44. The van der Waals surface area contributed by atoms with Crippen molar-refractivity contribution in [1.29, 1.82) is 0 Å². The molecular formula is C19H21N4. The van der Waals surface area contributed by atoms with Gasteiger partial charge in [0.25, 0.3) is 0 Å². The maximum absolute atomic E-state index is 4.58. The van der Waals surface area contributed by atoms with Crippen LogP contribution in [0.25, 0.3) is 10.9 Å². The molecule has 1 radical (unpaired) electrons. The van der Waals surface area contributed by atoms with Crippen molar-refractivity contribution in [2.24, 2.45) is 0 Å². The molecule has 23 heavy (non-hydrogen) atoms. The number of anilines is 1. The Kier molecular flexibility index (Phi) is 5.17. The summed E-state index contributed by atoms with van der Waals surface area (Å²) in [6.07, 6.45) is 1.03. The Morgan fingerprint density at radius 2 is 1.96 bits per heavy atom. The number of benzene rings is 1. The van der Waals surface area contributed by atoms with Crippen LogP contribution in [0, 0.1) is 13.0 Å². The van der Waals surface area contributed by atoms with Crippen LogP contribution in [0.15, 0.2) is 48.5 Å². The van der Waals surface area contributed by atoms with Gasteiger partial charge in [-0.25, -0.2) is 4.98 Å². The quantitative estimate of drug-likeness (QED) is 0.657. The number of nitrogens with zero attached hydrogens (tertiary/aromatic N) is 2. The Hall–Kier alpha value is -2.46. The molecule has 0 fully saturated rings. The fraction of sp³-hybridized carbons (Fsp3) is 0.263. The molecule has 0 aliphatic carbocycles. The molecule has 0 saturated carbocycles. The molecule has 0 aliphatic rings. The van der Waals surface area contributed by atoms with E-state index in [0.717, 1.165) is 54.2 Å². The molecule has 2 aromatic heterocycles. The molecule has 3 rings (SSSR count). The summed E-state index contributed by atoms with van der Waals surface area (Å²) in [4.78, 5) is 9.05. The van der Waals surface area contributed by atoms with Crippen molar-refractivity contribution in [3.05, 3.63) is 66.0 Å². The minimum atomic E-state index is 0.811. The molecule has 0 amide bonds. The monoisotopic (exact) mass is 305 g/mol. The van der Waals surface area contributed by atoms with Crippen LogP contribution >= 0.6 is 0 Å². The summed E-state index contributed by atoms with van der Waals surface area (Å²) in [6.45, 7) is 4.67. The Morgan fingerprint density at radius 1 is 1.00 bits per heavy atom. The summed E-state index contributed by atoms with van der Waals surface area (Å²) in [5.74, 6) is 0.914. The smallest absolute Gasteiger partial charge is 0.126 e. The van der Waals surface area contributed by atoms with Crippen LogP contribution in [0.1, 0.15) is 17.8 Å². The molecule has 4 nitrogen and oxygen atoms in total. The largest absolute Gasteiger partial charge is 0.370 e. The van der Waals surface area contributed by atoms with Gasteiger partial charge in [-0.1, -0.05) is 18.2 Å². The maximum atomic E-state index is 4.58. The summed E-state index contributed by atoms with van der Waals surface area (Å²) in [6, 6.07) is 19.2. The zero-order chi connectivity index (χ0) is 15.9. The predicted octanol–water partition coefficient (Wildman–Crippen LogP) is 3.33. The van der Waals surface area contributed by atoms with Gasteiger partial charge in [-0.05, 0) is 56.3 Å². The first-order valence-corrected chi connectivity index (χ1v) is 7.96. The van der Waals surface area contributed by atoms with E-state index >= 15 is 0 Å². The van der Waals surface area contributed by atoms with Crippen LogP contribution in [-0.2, 0) is 6.54 Å². The molecule has 4 heteroatoms. The number of hydrogen-bond donors (Lipinski definition) is 2. The molecule has 117 valence electrons. The summed E-state index contributed by atoms with van der Waals surface area (Å²) in [7, 11) is 0. The average molecular weight is 305 g/mol. The van der Waals surface area contributed by atoms with Crippen LogP contribution in [0.4, 0.5) is 5.82 Å². The van der Waals surface area contributed by atoms with Gasteiger partial charge in [0.15, 0.2) is 0 Å². The van der Waals surface area contributed by atoms with E-state index in [-0.39, 0.29) is 0 Å². The third kappa shape index (κ3) is 4.50. The molecule has 2 heterocycles. The fourth-order valence-corrected chi connectivity index (χ4v) is 2.44. The van der Waals surface area contributed by atoms with E-state index in [0.29, 0.717) is 0 Å². The molecule has 2 N–H and O–H groups in total. The highest BCUT2D eigenvalue weighted by Gasteiger charge is 1.98. The second-order valence-corrected chi connectivity index (χ2v) is 5.53. The van der Waals surface area contributed by atoms with Crippen molar-refractivity contribution in [1.82, 2.24) is 15.3 Å². The van der Waals surface area contributed by atoms with Crippen molar-refractivity contribution < 1.29 is 0 Å². The van der Waals surface area contributed by atoms with Crippen LogP contribution in [0.2, 0.25) is 0 Å². The lowest BCUT2D eigenvalue weighted by molar-refractivity contribution is 0.652. The van der Waals surface area contributed by atoms with Crippen molar-refractivity contribution in [2.75, 3.05) is 18.4 Å². The lowest BCUT2D eigenvalue weighted by atomic mass is 10.2. The number of hydrogen-bond acceptors (Lipinski definition) is 4. The first-order valence-electron chi connectivity index (χ1n) is 7.96. The van der Waals surface area contributed by atoms with E-state index in [1.54, 1.807) is 0 Å². The van der Waals surface area contributed by atoms with Crippen LogP contribution in [0.3, 0.4) is 0 Å². The Morgan fingerprint density at radius 3 is 2.87 bits per heavy atom. The van der Waals surface area contributed by atoms with Gasteiger partial charge in [-0.2, -0.15) is 0 Å². The Labute approximate surface area is 137 Å². The lowest BCUT2D eigenvalue weighted by Gasteiger charge is -2.08. The van der Waals surface area contributed by atoms with E-state index in [1.807, 2.05) is 55.5 Å². The maximum Gasteiger partial charge on any atom is 0.126 e. The summed E-state index contributed by atoms with van der Waals surface area (Å²) in [5.41, 5.74) is 3.12. The van der Waals surface area contributed by atoms with Crippen molar-refractivity contribution in [3.63, 3.8) is 0 Å². The first kappa shape index (κ1) is 15.4. The predicted molar refractivity (Wildman–Crippen MR) is 94.4 cm³/mol. The van der Waals surface area contributed by atoms with E-state index in [9.17, 15) is 0 Å². The Bertz CT molecular complexity index is 770. The highest BCUT2D eigenvalue weighted by Crippen LogP contribution is 2.13. The van der Waals surface area contributed by atoms with E-state index in [4.69, 9.17) is 0 Å². The SMILES string of the molecule is Cc1cccc(CNCCCNc2ccc3[c]cccc3n2)n1. The number of rotatable bonds is 7. The molecule has 0 atom stereocenters. The minimum Gasteiger partial charge on any atom is -0.370 e. The molecule has 1 aromatic carbocycles. The van der Waals surface area contributed by atoms with Gasteiger partial charge in [0.05, 0.1) is 11.2 Å².